The molecule has 0 saturated heterocycles. The number of thioether (sulfide) groups is 1. The molecule has 0 spiro atoms. The molecule has 1 unspecified atom stereocenters. The van der Waals surface area contributed by atoms with Crippen LogP contribution in [0.2, 0.25) is 0 Å². The number of hydrogen-bond acceptors (Lipinski definition) is 6. The molecule has 0 aliphatic carbocycles. The van der Waals surface area contributed by atoms with E-state index in [1.807, 2.05) is 11.8 Å². The summed E-state index contributed by atoms with van der Waals surface area (Å²) in [5, 5.41) is 4.60. The molecule has 0 aromatic carbocycles. The van der Waals surface area contributed by atoms with Crippen molar-refractivity contribution in [3.05, 3.63) is 10.9 Å². The maximum atomic E-state index is 5.81. The topological polar surface area (TPSA) is 63.8 Å². The number of aryl methyl sites for hydroxylation is 1. The van der Waals surface area contributed by atoms with Crippen LogP contribution in [0, 0.1) is 0 Å². The van der Waals surface area contributed by atoms with E-state index in [9.17, 15) is 0 Å². The van der Waals surface area contributed by atoms with Crippen LogP contribution in [-0.2, 0) is 6.42 Å². The van der Waals surface area contributed by atoms with Gasteiger partial charge in [0.25, 0.3) is 0 Å². The first-order chi connectivity index (χ1) is 9.17. The second kappa shape index (κ2) is 6.43. The van der Waals surface area contributed by atoms with E-state index in [4.69, 9.17) is 5.73 Å². The molecule has 1 atom stereocenters. The number of nitrogens with one attached hydrogen (secondary N) is 1. The number of hydrogen-bond donors (Lipinski definition) is 2. The summed E-state index contributed by atoms with van der Waals surface area (Å²) in [6.45, 7) is 4.33. The smallest absolute Gasteiger partial charge is 0.223 e. The van der Waals surface area contributed by atoms with Crippen molar-refractivity contribution in [1.29, 1.82) is 0 Å². The lowest BCUT2D eigenvalue weighted by atomic mass is 10.2. The van der Waals surface area contributed by atoms with Gasteiger partial charge in [-0.3, -0.25) is 0 Å². The number of anilines is 2. The molecule has 3 N–H and O–H groups in total. The largest absolute Gasteiger partial charge is 0.368 e. The third-order valence-corrected chi connectivity index (χ3v) is 4.92. The van der Waals surface area contributed by atoms with Crippen molar-refractivity contribution in [2.45, 2.75) is 32.7 Å². The average molecular weight is 296 g/mol. The maximum Gasteiger partial charge on any atom is 0.223 e. The van der Waals surface area contributed by atoms with E-state index in [1.54, 1.807) is 11.3 Å². The van der Waals surface area contributed by atoms with Gasteiger partial charge < -0.3 is 11.1 Å². The Kier molecular flexibility index (Phi) is 4.87. The van der Waals surface area contributed by atoms with Gasteiger partial charge in [0.1, 0.15) is 10.6 Å². The second-order valence-corrected chi connectivity index (χ2v) is 6.45. The third-order valence-electron chi connectivity index (χ3n) is 3.01. The van der Waals surface area contributed by atoms with Crippen molar-refractivity contribution in [2.75, 3.05) is 23.1 Å². The molecule has 104 valence electrons. The molecule has 0 amide bonds. The number of rotatable bonds is 6. The SMILES string of the molecule is CCc1cc2c(NC(CC)CSC)nc(N)nc2s1. The van der Waals surface area contributed by atoms with E-state index >= 15 is 0 Å². The van der Waals surface area contributed by atoms with Crippen molar-refractivity contribution >= 4 is 45.1 Å². The highest BCUT2D eigenvalue weighted by atomic mass is 32.2. The molecule has 0 radical (unpaired) electrons. The maximum absolute atomic E-state index is 5.81. The fourth-order valence-corrected chi connectivity index (χ4v) is 3.62. The number of thiophene rings is 1. The van der Waals surface area contributed by atoms with Crippen LogP contribution in [0.4, 0.5) is 11.8 Å². The predicted octanol–water partition coefficient (Wildman–Crippen LogP) is 3.39. The van der Waals surface area contributed by atoms with E-state index in [-0.39, 0.29) is 0 Å². The molecule has 4 nitrogen and oxygen atoms in total. The van der Waals surface area contributed by atoms with Crippen molar-refractivity contribution < 1.29 is 0 Å². The van der Waals surface area contributed by atoms with Crippen LogP contribution in [0.1, 0.15) is 25.1 Å². The Morgan fingerprint density at radius 1 is 1.42 bits per heavy atom. The normalized spacial score (nSPS) is 12.8. The fourth-order valence-electron chi connectivity index (χ4n) is 1.93. The highest BCUT2D eigenvalue weighted by Crippen LogP contribution is 2.30. The average Bonchev–Trinajstić information content (AvgIpc) is 2.81. The number of aromatic nitrogens is 2. The highest BCUT2D eigenvalue weighted by Gasteiger charge is 2.13. The second-order valence-electron chi connectivity index (χ2n) is 4.42. The van der Waals surface area contributed by atoms with Crippen molar-refractivity contribution in [3.63, 3.8) is 0 Å². The summed E-state index contributed by atoms with van der Waals surface area (Å²) in [7, 11) is 0. The Bertz CT molecular complexity index is 553. The van der Waals surface area contributed by atoms with E-state index < -0.39 is 0 Å². The molecule has 2 rings (SSSR count). The Labute approximate surface area is 122 Å². The van der Waals surface area contributed by atoms with Crippen LogP contribution in [-0.4, -0.2) is 28.0 Å². The van der Waals surface area contributed by atoms with Gasteiger partial charge in [-0.05, 0) is 25.2 Å². The van der Waals surface area contributed by atoms with Gasteiger partial charge in [-0.15, -0.1) is 11.3 Å². The zero-order valence-corrected chi connectivity index (χ0v) is 13.2. The molecule has 2 heterocycles. The molecule has 0 saturated carbocycles. The molecule has 2 aromatic heterocycles. The molecule has 19 heavy (non-hydrogen) atoms. The summed E-state index contributed by atoms with van der Waals surface area (Å²) in [6.07, 6.45) is 4.20. The zero-order chi connectivity index (χ0) is 13.8. The minimum Gasteiger partial charge on any atom is -0.368 e. The first-order valence-electron chi connectivity index (χ1n) is 6.49. The Hall–Kier alpha value is -1.01. The van der Waals surface area contributed by atoms with Gasteiger partial charge in [0.15, 0.2) is 0 Å². The van der Waals surface area contributed by atoms with Gasteiger partial charge in [-0.25, -0.2) is 4.98 Å². The molecular formula is C13H20N4S2. The lowest BCUT2D eigenvalue weighted by Crippen LogP contribution is -2.22. The summed E-state index contributed by atoms with van der Waals surface area (Å²) in [6, 6.07) is 2.59. The van der Waals surface area contributed by atoms with E-state index in [2.05, 4.69) is 41.5 Å². The standard InChI is InChI=1S/C13H20N4S2/c1-4-8(7-18-3)15-11-10-6-9(5-2)19-12(10)17-13(14)16-11/h6,8H,4-5,7H2,1-3H3,(H3,14,15,16,17). The zero-order valence-electron chi connectivity index (χ0n) is 11.6. The van der Waals surface area contributed by atoms with Crippen LogP contribution in [0.5, 0.6) is 0 Å². The number of nitrogens with zero attached hydrogens (tertiary/aromatic N) is 2. The van der Waals surface area contributed by atoms with Crippen LogP contribution in [0.25, 0.3) is 10.2 Å². The molecular weight excluding hydrogens is 276 g/mol. The quantitative estimate of drug-likeness (QED) is 0.855. The number of fused-ring (bicyclic) bond motifs is 1. The minimum atomic E-state index is 0.346. The predicted molar refractivity (Wildman–Crippen MR) is 87.3 cm³/mol. The fraction of sp³-hybridized carbons (Fsp3) is 0.538. The molecule has 6 heteroatoms. The Balaban J connectivity index is 2.37. The van der Waals surface area contributed by atoms with Gasteiger partial charge in [-0.1, -0.05) is 13.8 Å². The van der Waals surface area contributed by atoms with Gasteiger partial charge in [0, 0.05) is 16.7 Å². The molecule has 0 fully saturated rings. The lowest BCUT2D eigenvalue weighted by molar-refractivity contribution is 0.771. The van der Waals surface area contributed by atoms with E-state index in [1.165, 1.54) is 4.88 Å². The Morgan fingerprint density at radius 3 is 2.84 bits per heavy atom. The van der Waals surface area contributed by atoms with E-state index in [0.717, 1.165) is 34.6 Å². The van der Waals surface area contributed by atoms with Gasteiger partial charge >= 0.3 is 0 Å². The van der Waals surface area contributed by atoms with Crippen molar-refractivity contribution in [3.8, 4) is 0 Å². The van der Waals surface area contributed by atoms with Gasteiger partial charge in [0.05, 0.1) is 5.39 Å². The lowest BCUT2D eigenvalue weighted by Gasteiger charge is -2.17. The Morgan fingerprint density at radius 2 is 2.21 bits per heavy atom. The monoisotopic (exact) mass is 296 g/mol. The van der Waals surface area contributed by atoms with E-state index in [0.29, 0.717) is 12.0 Å². The number of nitrogens with two attached hydrogens (primary N) is 1. The molecule has 0 bridgehead atoms. The van der Waals surface area contributed by atoms with Crippen LogP contribution < -0.4 is 11.1 Å². The first-order valence-corrected chi connectivity index (χ1v) is 8.70. The summed E-state index contributed by atoms with van der Waals surface area (Å²) in [4.78, 5) is 11.0. The molecule has 0 aliphatic heterocycles. The van der Waals surface area contributed by atoms with Crippen LogP contribution >= 0.6 is 23.1 Å². The highest BCUT2D eigenvalue weighted by molar-refractivity contribution is 7.98. The molecule has 0 aliphatic rings. The van der Waals surface area contributed by atoms with Crippen molar-refractivity contribution in [2.24, 2.45) is 0 Å². The van der Waals surface area contributed by atoms with Crippen LogP contribution in [0.15, 0.2) is 6.07 Å². The minimum absolute atomic E-state index is 0.346. The van der Waals surface area contributed by atoms with Crippen LogP contribution in [0.3, 0.4) is 0 Å². The summed E-state index contributed by atoms with van der Waals surface area (Å²) < 4.78 is 0. The van der Waals surface area contributed by atoms with Crippen molar-refractivity contribution in [1.82, 2.24) is 9.97 Å². The summed E-state index contributed by atoms with van der Waals surface area (Å²) in [5.41, 5.74) is 5.81. The van der Waals surface area contributed by atoms with Gasteiger partial charge in [0.2, 0.25) is 5.95 Å². The summed E-state index contributed by atoms with van der Waals surface area (Å²) >= 11 is 3.54. The molecule has 2 aromatic rings. The first kappa shape index (κ1) is 14.4. The third kappa shape index (κ3) is 3.30. The number of nitrogen functional groups attached to an aromatic ring is 1. The van der Waals surface area contributed by atoms with Gasteiger partial charge in [-0.2, -0.15) is 16.7 Å². The summed E-state index contributed by atoms with van der Waals surface area (Å²) in [5.74, 6) is 2.28.